The number of amides is 2. The number of hydrogen-bond acceptors (Lipinski definition) is 4. The molecule has 0 saturated carbocycles. The van der Waals surface area contributed by atoms with Crippen molar-refractivity contribution in [2.45, 2.75) is 6.92 Å². The Bertz CT molecular complexity index is 846. The van der Waals surface area contributed by atoms with Crippen molar-refractivity contribution in [3.63, 3.8) is 0 Å². The van der Waals surface area contributed by atoms with Crippen LogP contribution < -0.4 is 15.0 Å². The van der Waals surface area contributed by atoms with E-state index in [2.05, 4.69) is 17.1 Å². The number of carbonyl (C=O) groups is 2. The number of carbonyl (C=O) groups excluding carboxylic acids is 2. The van der Waals surface area contributed by atoms with Crippen molar-refractivity contribution in [3.05, 3.63) is 58.6 Å². The van der Waals surface area contributed by atoms with Gasteiger partial charge >= 0.3 is 0 Å². The van der Waals surface area contributed by atoms with E-state index in [0.29, 0.717) is 29.4 Å². The predicted octanol–water partition coefficient (Wildman–Crippen LogP) is 2.74. The molecule has 6 nitrogen and oxygen atoms in total. The van der Waals surface area contributed by atoms with Crippen molar-refractivity contribution >= 4 is 29.1 Å². The number of anilines is 1. The summed E-state index contributed by atoms with van der Waals surface area (Å²) in [5.74, 6) is 0.328. The van der Waals surface area contributed by atoms with Crippen molar-refractivity contribution < 1.29 is 14.3 Å². The number of nitrogens with zero attached hydrogens (tertiary/aromatic N) is 2. The van der Waals surface area contributed by atoms with Crippen LogP contribution in [0.2, 0.25) is 5.02 Å². The number of hydrogen-bond donors (Lipinski definition) is 1. The van der Waals surface area contributed by atoms with Crippen LogP contribution in [-0.2, 0) is 4.79 Å². The first-order chi connectivity index (χ1) is 13.5. The van der Waals surface area contributed by atoms with Crippen LogP contribution in [0.15, 0.2) is 42.5 Å². The second-order valence-electron chi connectivity index (χ2n) is 6.71. The number of halogens is 1. The van der Waals surface area contributed by atoms with Crippen LogP contribution in [0, 0.1) is 6.92 Å². The molecule has 2 aromatic rings. The number of rotatable bonds is 5. The molecular weight excluding hydrogens is 378 g/mol. The van der Waals surface area contributed by atoms with Crippen molar-refractivity contribution in [1.82, 2.24) is 10.2 Å². The molecule has 1 aliphatic rings. The van der Waals surface area contributed by atoms with Crippen LogP contribution in [0.5, 0.6) is 5.75 Å². The SMILES string of the molecule is COc1ccc(C(=O)NCC(=O)N2CCN(c3cc(Cl)ccc3C)CC2)cc1. The summed E-state index contributed by atoms with van der Waals surface area (Å²) in [7, 11) is 1.57. The highest BCUT2D eigenvalue weighted by atomic mass is 35.5. The fourth-order valence-corrected chi connectivity index (χ4v) is 3.40. The molecule has 1 N–H and O–H groups in total. The van der Waals surface area contributed by atoms with Crippen molar-refractivity contribution in [1.29, 1.82) is 0 Å². The summed E-state index contributed by atoms with van der Waals surface area (Å²) in [6.07, 6.45) is 0. The minimum atomic E-state index is -0.274. The molecule has 0 unspecified atom stereocenters. The number of piperazine rings is 1. The molecule has 1 heterocycles. The van der Waals surface area contributed by atoms with Gasteiger partial charge in [0.25, 0.3) is 5.91 Å². The van der Waals surface area contributed by atoms with Crippen molar-refractivity contribution in [3.8, 4) is 5.75 Å². The van der Waals surface area contributed by atoms with Gasteiger partial charge in [0.15, 0.2) is 0 Å². The smallest absolute Gasteiger partial charge is 0.251 e. The summed E-state index contributed by atoms with van der Waals surface area (Å²) in [5.41, 5.74) is 2.76. The summed E-state index contributed by atoms with van der Waals surface area (Å²) >= 11 is 6.12. The highest BCUT2D eigenvalue weighted by molar-refractivity contribution is 6.30. The molecule has 0 bridgehead atoms. The third kappa shape index (κ3) is 4.75. The maximum absolute atomic E-state index is 12.5. The average molecular weight is 402 g/mol. The van der Waals surface area contributed by atoms with Crippen molar-refractivity contribution in [2.24, 2.45) is 0 Å². The van der Waals surface area contributed by atoms with Gasteiger partial charge in [0.2, 0.25) is 5.91 Å². The summed E-state index contributed by atoms with van der Waals surface area (Å²) in [6, 6.07) is 12.6. The molecule has 1 fully saturated rings. The van der Waals surface area contributed by atoms with E-state index in [1.165, 1.54) is 0 Å². The van der Waals surface area contributed by atoms with Crippen LogP contribution in [0.1, 0.15) is 15.9 Å². The molecule has 2 aromatic carbocycles. The maximum Gasteiger partial charge on any atom is 0.251 e. The molecular formula is C21H24ClN3O3. The van der Waals surface area contributed by atoms with Gasteiger partial charge in [-0.05, 0) is 48.9 Å². The average Bonchev–Trinajstić information content (AvgIpc) is 2.73. The van der Waals surface area contributed by atoms with Gasteiger partial charge in [-0.1, -0.05) is 17.7 Å². The molecule has 0 atom stereocenters. The maximum atomic E-state index is 12.5. The lowest BCUT2D eigenvalue weighted by Crippen LogP contribution is -2.51. The topological polar surface area (TPSA) is 61.9 Å². The van der Waals surface area contributed by atoms with E-state index >= 15 is 0 Å². The fraction of sp³-hybridized carbons (Fsp3) is 0.333. The van der Waals surface area contributed by atoms with Crippen LogP contribution in [-0.4, -0.2) is 56.5 Å². The van der Waals surface area contributed by atoms with Gasteiger partial charge in [0.1, 0.15) is 5.75 Å². The molecule has 148 valence electrons. The van der Waals surface area contributed by atoms with Gasteiger partial charge in [-0.2, -0.15) is 0 Å². The molecule has 1 aliphatic heterocycles. The second-order valence-corrected chi connectivity index (χ2v) is 7.15. The monoisotopic (exact) mass is 401 g/mol. The van der Waals surface area contributed by atoms with Gasteiger partial charge in [-0.3, -0.25) is 9.59 Å². The van der Waals surface area contributed by atoms with E-state index in [-0.39, 0.29) is 18.4 Å². The Morgan fingerprint density at radius 1 is 1.07 bits per heavy atom. The lowest BCUT2D eigenvalue weighted by molar-refractivity contribution is -0.130. The van der Waals surface area contributed by atoms with Gasteiger partial charge in [-0.15, -0.1) is 0 Å². The van der Waals surface area contributed by atoms with Gasteiger partial charge < -0.3 is 19.9 Å². The standard InChI is InChI=1S/C21H24ClN3O3/c1-15-3-6-17(22)13-19(15)24-9-11-25(12-10-24)20(26)14-23-21(27)16-4-7-18(28-2)8-5-16/h3-8,13H,9-12,14H2,1-2H3,(H,23,27). The summed E-state index contributed by atoms with van der Waals surface area (Å²) in [6.45, 7) is 4.74. The minimum Gasteiger partial charge on any atom is -0.497 e. The summed E-state index contributed by atoms with van der Waals surface area (Å²) < 4.78 is 5.08. The highest BCUT2D eigenvalue weighted by Crippen LogP contribution is 2.25. The van der Waals surface area contributed by atoms with Crippen LogP contribution >= 0.6 is 11.6 Å². The van der Waals surface area contributed by atoms with E-state index in [1.54, 1.807) is 36.3 Å². The van der Waals surface area contributed by atoms with Crippen LogP contribution in [0.4, 0.5) is 5.69 Å². The number of benzene rings is 2. The fourth-order valence-electron chi connectivity index (χ4n) is 3.23. The molecule has 0 aromatic heterocycles. The third-order valence-corrected chi connectivity index (χ3v) is 5.13. The lowest BCUT2D eigenvalue weighted by atomic mass is 10.1. The predicted molar refractivity (Wildman–Crippen MR) is 110 cm³/mol. The third-order valence-electron chi connectivity index (χ3n) is 4.90. The molecule has 1 saturated heterocycles. The van der Waals surface area contributed by atoms with Crippen LogP contribution in [0.3, 0.4) is 0 Å². The van der Waals surface area contributed by atoms with Gasteiger partial charge in [-0.25, -0.2) is 0 Å². The molecule has 0 spiro atoms. The van der Waals surface area contributed by atoms with E-state index < -0.39 is 0 Å². The Kier molecular flexibility index (Phi) is 6.41. The van der Waals surface area contributed by atoms with E-state index in [0.717, 1.165) is 24.3 Å². The second kappa shape index (κ2) is 8.97. The quantitative estimate of drug-likeness (QED) is 0.836. The Hall–Kier alpha value is -2.73. The molecule has 7 heteroatoms. The Morgan fingerprint density at radius 2 is 1.75 bits per heavy atom. The van der Waals surface area contributed by atoms with Gasteiger partial charge in [0.05, 0.1) is 13.7 Å². The number of methoxy groups -OCH3 is 1. The highest BCUT2D eigenvalue weighted by Gasteiger charge is 2.22. The van der Waals surface area contributed by atoms with Crippen LogP contribution in [0.25, 0.3) is 0 Å². The summed E-state index contributed by atoms with van der Waals surface area (Å²) in [5, 5.41) is 3.40. The number of aryl methyl sites for hydroxylation is 1. The lowest BCUT2D eigenvalue weighted by Gasteiger charge is -2.37. The minimum absolute atomic E-state index is 0.0128. The Labute approximate surface area is 170 Å². The number of nitrogens with one attached hydrogen (secondary N) is 1. The zero-order valence-corrected chi connectivity index (χ0v) is 16.8. The molecule has 3 rings (SSSR count). The zero-order chi connectivity index (χ0) is 20.1. The first-order valence-corrected chi connectivity index (χ1v) is 9.57. The van der Waals surface area contributed by atoms with Gasteiger partial charge in [0, 0.05) is 42.5 Å². The molecule has 28 heavy (non-hydrogen) atoms. The van der Waals surface area contributed by atoms with E-state index in [9.17, 15) is 9.59 Å². The molecule has 0 radical (unpaired) electrons. The Morgan fingerprint density at radius 3 is 2.39 bits per heavy atom. The first-order valence-electron chi connectivity index (χ1n) is 9.19. The van der Waals surface area contributed by atoms with E-state index in [1.807, 2.05) is 18.2 Å². The largest absolute Gasteiger partial charge is 0.497 e. The van der Waals surface area contributed by atoms with Crippen molar-refractivity contribution in [2.75, 3.05) is 44.7 Å². The van der Waals surface area contributed by atoms with E-state index in [4.69, 9.17) is 16.3 Å². The Balaban J connectivity index is 1.49. The first kappa shape index (κ1) is 20.0. The molecule has 2 amide bonds. The molecule has 0 aliphatic carbocycles. The normalized spacial score (nSPS) is 14.0. The summed E-state index contributed by atoms with van der Waals surface area (Å²) in [4.78, 5) is 28.7. The number of ether oxygens (including phenoxy) is 1. The zero-order valence-electron chi connectivity index (χ0n) is 16.1.